The standard InChI is InChI=1S/C13H8F21O4P/c1-3(38-39(35,36)37)2-4(14,15)5(16,17)6(18,19)7(20,21)8(22,23)9(24,25)10(26,27)11(28,29)12(30,31)13(32,33)34/h3H,2H2,1H3,(H2,35,36,37). The normalized spacial score (nSPS) is 17.4. The molecule has 0 aliphatic rings. The van der Waals surface area contributed by atoms with Crippen molar-refractivity contribution in [1.82, 2.24) is 0 Å². The fourth-order valence-electron chi connectivity index (χ4n) is 2.35. The van der Waals surface area contributed by atoms with E-state index in [-0.39, 0.29) is 6.92 Å². The van der Waals surface area contributed by atoms with E-state index < -0.39 is 79.8 Å². The van der Waals surface area contributed by atoms with E-state index in [9.17, 15) is 96.8 Å². The predicted octanol–water partition coefficient (Wildman–Crippen LogP) is 7.15. The summed E-state index contributed by atoms with van der Waals surface area (Å²) < 4.78 is 291. The van der Waals surface area contributed by atoms with Crippen LogP contribution in [0.15, 0.2) is 0 Å². The summed E-state index contributed by atoms with van der Waals surface area (Å²) in [6.45, 7) is -0.0917. The number of phosphoric acid groups is 1. The minimum absolute atomic E-state index is 0.0917. The van der Waals surface area contributed by atoms with Gasteiger partial charge >= 0.3 is 67.3 Å². The summed E-state index contributed by atoms with van der Waals surface area (Å²) in [6, 6.07) is 0. The Bertz CT molecular complexity index is 935. The Kier molecular flexibility index (Phi) is 9.26. The Balaban J connectivity index is 6.94. The van der Waals surface area contributed by atoms with Gasteiger partial charge < -0.3 is 9.79 Å². The maximum Gasteiger partial charge on any atom is 0.469 e. The third-order valence-electron chi connectivity index (χ3n) is 4.44. The van der Waals surface area contributed by atoms with E-state index in [1.54, 1.807) is 0 Å². The summed E-state index contributed by atoms with van der Waals surface area (Å²) in [4.78, 5) is 16.5. The summed E-state index contributed by atoms with van der Waals surface area (Å²) in [5.41, 5.74) is 0. The average molecular weight is 658 g/mol. The molecule has 0 radical (unpaired) electrons. The molecule has 1 atom stereocenters. The first-order chi connectivity index (χ1) is 16.4. The molecular formula is C13H8F21O4P. The minimum Gasteiger partial charge on any atom is -0.303 e. The van der Waals surface area contributed by atoms with Gasteiger partial charge in [-0.1, -0.05) is 0 Å². The molecule has 0 aromatic carbocycles. The Morgan fingerprint density at radius 2 is 0.744 bits per heavy atom. The number of hydrogen-bond donors (Lipinski definition) is 2. The first kappa shape index (κ1) is 37.6. The van der Waals surface area contributed by atoms with E-state index in [0.29, 0.717) is 0 Å². The van der Waals surface area contributed by atoms with Crippen molar-refractivity contribution in [3.8, 4) is 0 Å². The summed E-state index contributed by atoms with van der Waals surface area (Å²) in [6.07, 6.45) is -14.4. The Morgan fingerprint density at radius 1 is 0.513 bits per heavy atom. The van der Waals surface area contributed by atoms with Crippen LogP contribution < -0.4 is 0 Å². The Morgan fingerprint density at radius 3 is 0.974 bits per heavy atom. The smallest absolute Gasteiger partial charge is 0.303 e. The highest BCUT2D eigenvalue weighted by atomic mass is 31.2. The third kappa shape index (κ3) is 5.47. The van der Waals surface area contributed by atoms with Crippen molar-refractivity contribution >= 4 is 7.82 Å². The van der Waals surface area contributed by atoms with E-state index >= 15 is 0 Å². The molecule has 0 rings (SSSR count). The van der Waals surface area contributed by atoms with Gasteiger partial charge in [-0.2, -0.15) is 92.2 Å². The van der Waals surface area contributed by atoms with Crippen LogP contribution in [0.4, 0.5) is 92.2 Å². The van der Waals surface area contributed by atoms with E-state index in [0.717, 1.165) is 0 Å². The fourth-order valence-corrected chi connectivity index (χ4v) is 2.89. The second kappa shape index (κ2) is 9.60. The molecule has 39 heavy (non-hydrogen) atoms. The van der Waals surface area contributed by atoms with E-state index in [1.807, 2.05) is 0 Å². The Hall–Kier alpha value is -1.36. The lowest BCUT2D eigenvalue weighted by atomic mass is 9.85. The number of hydrogen-bond acceptors (Lipinski definition) is 2. The zero-order valence-electron chi connectivity index (χ0n) is 17.4. The van der Waals surface area contributed by atoms with Crippen molar-refractivity contribution in [3.63, 3.8) is 0 Å². The van der Waals surface area contributed by atoms with Crippen LogP contribution in [0.25, 0.3) is 0 Å². The van der Waals surface area contributed by atoms with Gasteiger partial charge in [-0.05, 0) is 6.92 Å². The molecule has 0 fully saturated rings. The number of halogens is 21. The van der Waals surface area contributed by atoms with E-state index in [4.69, 9.17) is 9.79 Å². The van der Waals surface area contributed by atoms with Crippen molar-refractivity contribution in [2.45, 2.75) is 78.9 Å². The van der Waals surface area contributed by atoms with Crippen molar-refractivity contribution in [3.05, 3.63) is 0 Å². The fraction of sp³-hybridized carbons (Fsp3) is 1.00. The molecule has 4 nitrogen and oxygen atoms in total. The monoisotopic (exact) mass is 658 g/mol. The van der Waals surface area contributed by atoms with Crippen LogP contribution in [0.1, 0.15) is 13.3 Å². The van der Waals surface area contributed by atoms with Crippen molar-refractivity contribution < 1.29 is 111 Å². The van der Waals surface area contributed by atoms with Crippen molar-refractivity contribution in [2.24, 2.45) is 0 Å². The molecule has 0 saturated heterocycles. The molecule has 0 amide bonds. The molecule has 0 aromatic heterocycles. The molecular weight excluding hydrogens is 650 g/mol. The highest BCUT2D eigenvalue weighted by Gasteiger charge is 2.97. The lowest BCUT2D eigenvalue weighted by Crippen LogP contribution is -2.76. The van der Waals surface area contributed by atoms with Gasteiger partial charge in [0.2, 0.25) is 0 Å². The molecule has 0 heterocycles. The van der Waals surface area contributed by atoms with E-state index in [1.165, 1.54) is 0 Å². The van der Waals surface area contributed by atoms with Crippen molar-refractivity contribution in [1.29, 1.82) is 0 Å². The quantitative estimate of drug-likeness (QED) is 0.173. The highest BCUT2D eigenvalue weighted by molar-refractivity contribution is 7.46. The second-order valence-corrected chi connectivity index (χ2v) is 8.60. The van der Waals surface area contributed by atoms with Crippen LogP contribution in [0.2, 0.25) is 0 Å². The van der Waals surface area contributed by atoms with Gasteiger partial charge in [-0.25, -0.2) is 4.57 Å². The molecule has 26 heteroatoms. The molecule has 0 bridgehead atoms. The van der Waals surface area contributed by atoms with Gasteiger partial charge in [0.25, 0.3) is 0 Å². The van der Waals surface area contributed by atoms with Crippen LogP contribution in [-0.2, 0) is 9.09 Å². The van der Waals surface area contributed by atoms with Gasteiger partial charge in [0, 0.05) is 6.42 Å². The van der Waals surface area contributed by atoms with Gasteiger partial charge in [-0.15, -0.1) is 0 Å². The SMILES string of the molecule is CC(CC(F)(F)C(F)(F)C(F)(F)C(F)(F)C(F)(F)C(F)(F)C(F)(F)C(F)(F)C(F)(F)C(F)(F)F)OP(=O)(O)O. The molecule has 0 aromatic rings. The van der Waals surface area contributed by atoms with Gasteiger partial charge in [0.1, 0.15) is 0 Å². The first-order valence-electron chi connectivity index (χ1n) is 8.56. The summed E-state index contributed by atoms with van der Waals surface area (Å²) in [5.74, 6) is -78.2. The maximum absolute atomic E-state index is 13.7. The summed E-state index contributed by atoms with van der Waals surface area (Å²) >= 11 is 0. The summed E-state index contributed by atoms with van der Waals surface area (Å²) in [5, 5.41) is 0. The molecule has 1 unspecified atom stereocenters. The lowest BCUT2D eigenvalue weighted by molar-refractivity contribution is -0.474. The highest BCUT2D eigenvalue weighted by Crippen LogP contribution is 2.66. The van der Waals surface area contributed by atoms with Crippen LogP contribution in [-0.4, -0.2) is 75.4 Å². The van der Waals surface area contributed by atoms with Crippen LogP contribution in [0.5, 0.6) is 0 Å². The first-order valence-corrected chi connectivity index (χ1v) is 10.1. The van der Waals surface area contributed by atoms with Crippen LogP contribution in [0.3, 0.4) is 0 Å². The third-order valence-corrected chi connectivity index (χ3v) is 5.07. The van der Waals surface area contributed by atoms with Crippen molar-refractivity contribution in [2.75, 3.05) is 0 Å². The molecule has 236 valence electrons. The molecule has 0 aliphatic heterocycles. The van der Waals surface area contributed by atoms with E-state index in [2.05, 4.69) is 4.52 Å². The predicted molar refractivity (Wildman–Crippen MR) is 77.8 cm³/mol. The average Bonchev–Trinajstić information content (AvgIpc) is 2.63. The molecule has 2 N–H and O–H groups in total. The lowest BCUT2D eigenvalue weighted by Gasteiger charge is -2.44. The Labute approximate surface area is 199 Å². The number of rotatable bonds is 12. The zero-order chi connectivity index (χ0) is 32.5. The van der Waals surface area contributed by atoms with Gasteiger partial charge in [0.05, 0.1) is 6.10 Å². The number of alkyl halides is 21. The van der Waals surface area contributed by atoms with Crippen LogP contribution in [0, 0.1) is 0 Å². The summed E-state index contributed by atoms with van der Waals surface area (Å²) in [7, 11) is -5.97. The molecule has 0 aliphatic carbocycles. The molecule has 0 spiro atoms. The topological polar surface area (TPSA) is 66.8 Å². The zero-order valence-corrected chi connectivity index (χ0v) is 18.3. The van der Waals surface area contributed by atoms with Crippen LogP contribution >= 0.6 is 7.82 Å². The maximum atomic E-state index is 13.7. The second-order valence-electron chi connectivity index (χ2n) is 7.41. The largest absolute Gasteiger partial charge is 0.469 e. The van der Waals surface area contributed by atoms with Gasteiger partial charge in [-0.3, -0.25) is 4.52 Å². The molecule has 0 saturated carbocycles. The van der Waals surface area contributed by atoms with Gasteiger partial charge in [0.15, 0.2) is 0 Å². The number of phosphoric ester groups is 1. The minimum atomic E-state index is -9.27.